The number of nitrogens with one attached hydrogen (secondary N) is 1. The van der Waals surface area contributed by atoms with Crippen LogP contribution in [0, 0.1) is 12.3 Å². The summed E-state index contributed by atoms with van der Waals surface area (Å²) in [5.41, 5.74) is 0. The molecule has 106 valence electrons. The van der Waals surface area contributed by atoms with Gasteiger partial charge in [-0.1, -0.05) is 22.0 Å². The van der Waals surface area contributed by atoms with E-state index in [9.17, 15) is 9.59 Å². The third kappa shape index (κ3) is 5.76. The van der Waals surface area contributed by atoms with Crippen molar-refractivity contribution in [3.05, 3.63) is 28.7 Å². The molecular weight excluding hydrogens is 326 g/mol. The van der Waals surface area contributed by atoms with E-state index in [1.165, 1.54) is 0 Å². The summed E-state index contributed by atoms with van der Waals surface area (Å²) in [6.07, 6.45) is 5.05. The van der Waals surface area contributed by atoms with E-state index in [1.54, 1.807) is 12.1 Å². The van der Waals surface area contributed by atoms with E-state index in [1.807, 2.05) is 12.1 Å². The predicted octanol–water partition coefficient (Wildman–Crippen LogP) is 1.81. The Balaban J connectivity index is 2.36. The lowest BCUT2D eigenvalue weighted by Crippen LogP contribution is -2.40. The minimum atomic E-state index is -1.15. The number of amides is 1. The van der Waals surface area contributed by atoms with Crippen molar-refractivity contribution >= 4 is 27.8 Å². The van der Waals surface area contributed by atoms with Crippen molar-refractivity contribution in [1.29, 1.82) is 0 Å². The highest BCUT2D eigenvalue weighted by atomic mass is 79.9. The molecule has 0 aliphatic heterocycles. The lowest BCUT2D eigenvalue weighted by molar-refractivity contribution is -0.141. The average Bonchev–Trinajstić information content (AvgIpc) is 2.38. The van der Waals surface area contributed by atoms with Crippen molar-refractivity contribution in [3.63, 3.8) is 0 Å². The minimum Gasteiger partial charge on any atom is -0.493 e. The maximum Gasteiger partial charge on any atom is 0.327 e. The fourth-order valence-electron chi connectivity index (χ4n) is 1.40. The van der Waals surface area contributed by atoms with Crippen molar-refractivity contribution < 1.29 is 19.4 Å². The number of carboxylic acids is 1. The third-order valence-corrected chi connectivity index (χ3v) is 2.84. The van der Waals surface area contributed by atoms with Gasteiger partial charge >= 0.3 is 5.97 Å². The molecule has 0 aromatic heterocycles. The highest BCUT2D eigenvalue weighted by Crippen LogP contribution is 2.17. The number of carbonyl (C=O) groups excluding carboxylic acids is 1. The van der Waals surface area contributed by atoms with Crippen LogP contribution in [0.2, 0.25) is 0 Å². The summed E-state index contributed by atoms with van der Waals surface area (Å²) in [6, 6.07) is 6.15. The highest BCUT2D eigenvalue weighted by Gasteiger charge is 2.18. The fraction of sp³-hybridized carbons (Fsp3) is 0.286. The van der Waals surface area contributed by atoms with Gasteiger partial charge in [-0.25, -0.2) is 4.79 Å². The van der Waals surface area contributed by atoms with Gasteiger partial charge in [0.25, 0.3) is 0 Å². The largest absolute Gasteiger partial charge is 0.493 e. The van der Waals surface area contributed by atoms with Gasteiger partial charge in [0.2, 0.25) is 5.91 Å². The van der Waals surface area contributed by atoms with Crippen LogP contribution < -0.4 is 10.1 Å². The number of hydrogen-bond acceptors (Lipinski definition) is 3. The van der Waals surface area contributed by atoms with E-state index in [-0.39, 0.29) is 19.4 Å². The van der Waals surface area contributed by atoms with Crippen LogP contribution in [0.5, 0.6) is 5.75 Å². The topological polar surface area (TPSA) is 75.6 Å². The summed E-state index contributed by atoms with van der Waals surface area (Å²) in [5, 5.41) is 11.2. The molecule has 0 aliphatic rings. The van der Waals surface area contributed by atoms with Crippen LogP contribution in [0.4, 0.5) is 0 Å². The quantitative estimate of drug-likeness (QED) is 0.743. The molecule has 5 nitrogen and oxygen atoms in total. The van der Waals surface area contributed by atoms with E-state index in [0.717, 1.165) is 4.47 Å². The zero-order valence-corrected chi connectivity index (χ0v) is 12.2. The molecule has 0 aliphatic carbocycles. The van der Waals surface area contributed by atoms with Crippen LogP contribution in [0.15, 0.2) is 28.7 Å². The molecule has 1 unspecified atom stereocenters. The predicted molar refractivity (Wildman–Crippen MR) is 77.3 cm³/mol. The molecule has 1 aromatic rings. The maximum absolute atomic E-state index is 11.6. The lowest BCUT2D eigenvalue weighted by atomic mass is 10.2. The Labute approximate surface area is 125 Å². The van der Waals surface area contributed by atoms with Crippen LogP contribution in [0.1, 0.15) is 12.8 Å². The number of benzene rings is 1. The van der Waals surface area contributed by atoms with Crippen LogP contribution in [0.25, 0.3) is 0 Å². The Morgan fingerprint density at radius 2 is 2.25 bits per heavy atom. The number of terminal acetylenes is 1. The Morgan fingerprint density at radius 3 is 2.85 bits per heavy atom. The second-order valence-electron chi connectivity index (χ2n) is 3.92. The van der Waals surface area contributed by atoms with Gasteiger partial charge in [-0.05, 0) is 18.2 Å². The number of hydrogen-bond donors (Lipinski definition) is 2. The Hall–Kier alpha value is -2.00. The van der Waals surface area contributed by atoms with Crippen molar-refractivity contribution in [1.82, 2.24) is 5.32 Å². The zero-order valence-electron chi connectivity index (χ0n) is 10.6. The van der Waals surface area contributed by atoms with E-state index in [2.05, 4.69) is 27.2 Å². The second-order valence-corrected chi connectivity index (χ2v) is 4.84. The van der Waals surface area contributed by atoms with Gasteiger partial charge in [-0.15, -0.1) is 12.3 Å². The van der Waals surface area contributed by atoms with Gasteiger partial charge in [0.1, 0.15) is 11.8 Å². The molecule has 0 spiro atoms. The van der Waals surface area contributed by atoms with E-state index in [4.69, 9.17) is 16.3 Å². The van der Waals surface area contributed by atoms with E-state index >= 15 is 0 Å². The first-order valence-electron chi connectivity index (χ1n) is 5.87. The van der Waals surface area contributed by atoms with Crippen molar-refractivity contribution in [2.75, 3.05) is 6.61 Å². The van der Waals surface area contributed by atoms with Gasteiger partial charge in [0.05, 0.1) is 13.0 Å². The maximum atomic E-state index is 11.6. The van der Waals surface area contributed by atoms with Crippen molar-refractivity contribution in [3.8, 4) is 18.1 Å². The third-order valence-electron chi connectivity index (χ3n) is 2.35. The van der Waals surface area contributed by atoms with E-state index < -0.39 is 17.9 Å². The molecule has 6 heteroatoms. The van der Waals surface area contributed by atoms with Crippen molar-refractivity contribution in [2.45, 2.75) is 18.9 Å². The molecule has 0 radical (unpaired) electrons. The molecule has 0 saturated carbocycles. The van der Waals surface area contributed by atoms with Crippen LogP contribution >= 0.6 is 15.9 Å². The molecule has 1 aromatic carbocycles. The average molecular weight is 340 g/mol. The summed E-state index contributed by atoms with van der Waals surface area (Å²) in [5.74, 6) is 1.28. The number of carbonyl (C=O) groups is 2. The Kier molecular flexibility index (Phi) is 6.60. The molecule has 2 N–H and O–H groups in total. The molecule has 1 amide bonds. The lowest BCUT2D eigenvalue weighted by Gasteiger charge is -2.12. The smallest absolute Gasteiger partial charge is 0.327 e. The molecule has 1 rings (SSSR count). The number of aliphatic carboxylic acids is 1. The van der Waals surface area contributed by atoms with Crippen LogP contribution in [-0.2, 0) is 9.59 Å². The van der Waals surface area contributed by atoms with Gasteiger partial charge in [0.15, 0.2) is 0 Å². The zero-order chi connectivity index (χ0) is 15.0. The van der Waals surface area contributed by atoms with Gasteiger partial charge in [0, 0.05) is 10.9 Å². The number of halogens is 1. The molecule has 1 atom stereocenters. The Morgan fingerprint density at radius 1 is 1.50 bits per heavy atom. The second kappa shape index (κ2) is 8.23. The number of rotatable bonds is 7. The molecule has 0 heterocycles. The van der Waals surface area contributed by atoms with Crippen LogP contribution in [0.3, 0.4) is 0 Å². The summed E-state index contributed by atoms with van der Waals surface area (Å²) in [6.45, 7) is 0.157. The first-order valence-corrected chi connectivity index (χ1v) is 6.66. The highest BCUT2D eigenvalue weighted by molar-refractivity contribution is 9.10. The first kappa shape index (κ1) is 16.1. The van der Waals surface area contributed by atoms with Crippen molar-refractivity contribution in [2.24, 2.45) is 0 Å². The summed E-state index contributed by atoms with van der Waals surface area (Å²) in [4.78, 5) is 22.4. The van der Waals surface area contributed by atoms with Gasteiger partial charge in [-0.3, -0.25) is 4.79 Å². The normalized spacial score (nSPS) is 11.2. The van der Waals surface area contributed by atoms with Gasteiger partial charge < -0.3 is 15.2 Å². The fourth-order valence-corrected chi connectivity index (χ4v) is 1.78. The Bertz CT molecular complexity index is 524. The van der Waals surface area contributed by atoms with Crippen LogP contribution in [-0.4, -0.2) is 29.6 Å². The van der Waals surface area contributed by atoms with E-state index in [0.29, 0.717) is 5.75 Å². The molecule has 20 heavy (non-hydrogen) atoms. The number of ether oxygens (including phenoxy) is 1. The summed E-state index contributed by atoms with van der Waals surface area (Å²) in [7, 11) is 0. The first-order chi connectivity index (χ1) is 9.52. The molecule has 0 bridgehead atoms. The molecule has 0 fully saturated rings. The molecular formula is C14H14BrNO4. The van der Waals surface area contributed by atoms with Gasteiger partial charge in [-0.2, -0.15) is 0 Å². The molecule has 0 saturated heterocycles. The minimum absolute atomic E-state index is 0.0481. The standard InChI is InChI=1S/C14H14BrNO4/c1-2-4-12(14(18)19)16-13(17)7-8-20-11-6-3-5-10(15)9-11/h1,3,5-6,9,12H,4,7-8H2,(H,16,17)(H,18,19). The summed E-state index contributed by atoms with van der Waals surface area (Å²) < 4.78 is 6.26. The SMILES string of the molecule is C#CCC(NC(=O)CCOc1cccc(Br)c1)C(=O)O. The number of carboxylic acid groups (broad SMARTS) is 1. The summed E-state index contributed by atoms with van der Waals surface area (Å²) >= 11 is 3.31. The monoisotopic (exact) mass is 339 g/mol.